The molecule has 3 nitrogen and oxygen atoms in total. The van der Waals surface area contributed by atoms with Crippen molar-refractivity contribution in [2.45, 2.75) is 6.61 Å². The van der Waals surface area contributed by atoms with Crippen molar-refractivity contribution in [1.29, 1.82) is 5.26 Å². The van der Waals surface area contributed by atoms with E-state index in [9.17, 15) is 4.39 Å². The van der Waals surface area contributed by atoms with Gasteiger partial charge in [-0.3, -0.25) is 0 Å². The van der Waals surface area contributed by atoms with E-state index >= 15 is 0 Å². The molecular weight excluding hydrogens is 311 g/mol. The summed E-state index contributed by atoms with van der Waals surface area (Å²) in [4.78, 5) is 0. The Morgan fingerprint density at radius 1 is 1.26 bits per heavy atom. The molecule has 0 unspecified atom stereocenters. The predicted octanol–water partition coefficient (Wildman–Crippen LogP) is 3.62. The van der Waals surface area contributed by atoms with Gasteiger partial charge < -0.3 is 10.5 Å². The molecule has 0 radical (unpaired) electrons. The van der Waals surface area contributed by atoms with Crippen LogP contribution in [0.15, 0.2) is 40.9 Å². The largest absolute Gasteiger partial charge is 0.489 e. The number of rotatable bonds is 3. The maximum atomic E-state index is 13.4. The molecule has 0 spiro atoms. The Morgan fingerprint density at radius 3 is 2.68 bits per heavy atom. The lowest BCUT2D eigenvalue weighted by molar-refractivity contribution is 0.304. The van der Waals surface area contributed by atoms with Gasteiger partial charge in [0.1, 0.15) is 24.2 Å². The second-order valence-electron chi connectivity index (χ2n) is 3.93. The van der Waals surface area contributed by atoms with E-state index in [1.54, 1.807) is 24.3 Å². The fraction of sp³-hybridized carbons (Fsp3) is 0.0714. The van der Waals surface area contributed by atoms with Crippen LogP contribution in [0.5, 0.6) is 5.75 Å². The third-order valence-electron chi connectivity index (χ3n) is 2.45. The van der Waals surface area contributed by atoms with Crippen LogP contribution in [0.25, 0.3) is 0 Å². The predicted molar refractivity (Wildman–Crippen MR) is 74.0 cm³/mol. The smallest absolute Gasteiger partial charge is 0.144 e. The van der Waals surface area contributed by atoms with Gasteiger partial charge in [-0.1, -0.05) is 15.9 Å². The van der Waals surface area contributed by atoms with Crippen molar-refractivity contribution in [2.75, 3.05) is 5.73 Å². The maximum absolute atomic E-state index is 13.4. The van der Waals surface area contributed by atoms with Crippen molar-refractivity contribution in [3.8, 4) is 11.8 Å². The second kappa shape index (κ2) is 5.72. The zero-order chi connectivity index (χ0) is 13.8. The SMILES string of the molecule is N#Cc1ccc(OCc2cc(N)cc(Br)c2)cc1F. The van der Waals surface area contributed by atoms with Gasteiger partial charge in [0.05, 0.1) is 5.56 Å². The summed E-state index contributed by atoms with van der Waals surface area (Å²) >= 11 is 3.34. The Kier molecular flexibility index (Phi) is 4.03. The molecule has 0 aromatic heterocycles. The number of halogens is 2. The van der Waals surface area contributed by atoms with Crippen molar-refractivity contribution in [2.24, 2.45) is 0 Å². The van der Waals surface area contributed by atoms with Crippen LogP contribution in [0.1, 0.15) is 11.1 Å². The van der Waals surface area contributed by atoms with E-state index < -0.39 is 5.82 Å². The zero-order valence-electron chi connectivity index (χ0n) is 9.86. The van der Waals surface area contributed by atoms with Crippen molar-refractivity contribution in [3.63, 3.8) is 0 Å². The summed E-state index contributed by atoms with van der Waals surface area (Å²) in [5.41, 5.74) is 7.20. The van der Waals surface area contributed by atoms with Crippen LogP contribution >= 0.6 is 15.9 Å². The number of hydrogen-bond donors (Lipinski definition) is 1. The van der Waals surface area contributed by atoms with Gasteiger partial charge in [0.2, 0.25) is 0 Å². The molecule has 0 aliphatic heterocycles. The van der Waals surface area contributed by atoms with Gasteiger partial charge in [-0.25, -0.2) is 4.39 Å². The van der Waals surface area contributed by atoms with Gasteiger partial charge in [-0.2, -0.15) is 5.26 Å². The lowest BCUT2D eigenvalue weighted by Crippen LogP contribution is -1.98. The lowest BCUT2D eigenvalue weighted by Gasteiger charge is -2.08. The van der Waals surface area contributed by atoms with Crippen LogP contribution in [0.3, 0.4) is 0 Å². The van der Waals surface area contributed by atoms with Gasteiger partial charge >= 0.3 is 0 Å². The standard InChI is InChI=1S/C14H10BrFN2O/c15-11-3-9(4-12(18)5-11)8-19-13-2-1-10(7-17)14(16)6-13/h1-6H,8,18H2. The fourth-order valence-corrected chi connectivity index (χ4v) is 2.16. The molecule has 0 aliphatic carbocycles. The van der Waals surface area contributed by atoms with Crippen LogP contribution in [0, 0.1) is 17.1 Å². The average molecular weight is 321 g/mol. The van der Waals surface area contributed by atoms with Crippen LogP contribution in [-0.2, 0) is 6.61 Å². The molecule has 5 heteroatoms. The third-order valence-corrected chi connectivity index (χ3v) is 2.90. The topological polar surface area (TPSA) is 59.0 Å². The highest BCUT2D eigenvalue weighted by Gasteiger charge is 2.04. The average Bonchev–Trinajstić information content (AvgIpc) is 2.35. The highest BCUT2D eigenvalue weighted by atomic mass is 79.9. The molecule has 0 bridgehead atoms. The molecule has 0 aliphatic rings. The van der Waals surface area contributed by atoms with Gasteiger partial charge in [-0.15, -0.1) is 0 Å². The van der Waals surface area contributed by atoms with Gasteiger partial charge in [-0.05, 0) is 35.9 Å². The number of benzene rings is 2. The molecule has 0 heterocycles. The minimum Gasteiger partial charge on any atom is -0.489 e. The van der Waals surface area contributed by atoms with Crippen LogP contribution in [0.2, 0.25) is 0 Å². The summed E-state index contributed by atoms with van der Waals surface area (Å²) in [6.45, 7) is 0.273. The summed E-state index contributed by atoms with van der Waals surface area (Å²) in [5, 5.41) is 8.63. The number of nitriles is 1. The van der Waals surface area contributed by atoms with E-state index in [1.165, 1.54) is 12.1 Å². The monoisotopic (exact) mass is 320 g/mol. The first-order chi connectivity index (χ1) is 9.08. The molecule has 2 N–H and O–H groups in total. The van der Waals surface area contributed by atoms with Crippen molar-refractivity contribution in [3.05, 3.63) is 57.8 Å². The molecule has 0 saturated carbocycles. The molecule has 0 saturated heterocycles. The Bertz CT molecular complexity index is 632. The highest BCUT2D eigenvalue weighted by molar-refractivity contribution is 9.10. The number of nitrogen functional groups attached to an aromatic ring is 1. The van der Waals surface area contributed by atoms with E-state index in [4.69, 9.17) is 15.7 Å². The van der Waals surface area contributed by atoms with E-state index in [2.05, 4.69) is 15.9 Å². The quantitative estimate of drug-likeness (QED) is 0.879. The molecule has 19 heavy (non-hydrogen) atoms. The fourth-order valence-electron chi connectivity index (χ4n) is 1.60. The minimum atomic E-state index is -0.589. The van der Waals surface area contributed by atoms with Crippen LogP contribution < -0.4 is 10.5 Å². The van der Waals surface area contributed by atoms with E-state index in [0.29, 0.717) is 11.4 Å². The molecule has 0 amide bonds. The number of anilines is 1. The van der Waals surface area contributed by atoms with Crippen molar-refractivity contribution < 1.29 is 9.13 Å². The Hall–Kier alpha value is -2.06. The molecule has 2 rings (SSSR count). The molecule has 96 valence electrons. The number of nitrogens with two attached hydrogens (primary N) is 1. The summed E-state index contributed by atoms with van der Waals surface area (Å²) in [5.74, 6) is -0.219. The number of nitrogens with zero attached hydrogens (tertiary/aromatic N) is 1. The molecule has 0 fully saturated rings. The lowest BCUT2D eigenvalue weighted by atomic mass is 10.2. The normalized spacial score (nSPS) is 9.95. The third kappa shape index (κ3) is 3.46. The van der Waals surface area contributed by atoms with Crippen molar-refractivity contribution >= 4 is 21.6 Å². The summed E-state index contributed by atoms with van der Waals surface area (Å²) in [7, 11) is 0. The summed E-state index contributed by atoms with van der Waals surface area (Å²) in [6, 6.07) is 11.3. The maximum Gasteiger partial charge on any atom is 0.144 e. The molecular formula is C14H10BrFN2O. The van der Waals surface area contributed by atoms with E-state index in [0.717, 1.165) is 10.0 Å². The van der Waals surface area contributed by atoms with E-state index in [1.807, 2.05) is 6.07 Å². The number of ether oxygens (including phenoxy) is 1. The minimum absolute atomic E-state index is 0.000880. The molecule has 0 atom stereocenters. The Balaban J connectivity index is 2.10. The van der Waals surface area contributed by atoms with Gasteiger partial charge in [0.25, 0.3) is 0 Å². The zero-order valence-corrected chi connectivity index (χ0v) is 11.4. The highest BCUT2D eigenvalue weighted by Crippen LogP contribution is 2.20. The van der Waals surface area contributed by atoms with Gasteiger partial charge in [0, 0.05) is 16.2 Å². The van der Waals surface area contributed by atoms with E-state index in [-0.39, 0.29) is 12.2 Å². The molecule has 2 aromatic carbocycles. The van der Waals surface area contributed by atoms with Crippen molar-refractivity contribution in [1.82, 2.24) is 0 Å². The first-order valence-corrected chi connectivity index (χ1v) is 6.25. The Labute approximate surface area is 118 Å². The summed E-state index contributed by atoms with van der Waals surface area (Å²) in [6.07, 6.45) is 0. The first-order valence-electron chi connectivity index (χ1n) is 5.46. The van der Waals surface area contributed by atoms with Crippen LogP contribution in [0.4, 0.5) is 10.1 Å². The first kappa shape index (κ1) is 13.4. The molecule has 2 aromatic rings. The second-order valence-corrected chi connectivity index (χ2v) is 4.85. The summed E-state index contributed by atoms with van der Waals surface area (Å²) < 4.78 is 19.7. The van der Waals surface area contributed by atoms with Gasteiger partial charge in [0.15, 0.2) is 0 Å². The van der Waals surface area contributed by atoms with Crippen LogP contribution in [-0.4, -0.2) is 0 Å². The number of hydrogen-bond acceptors (Lipinski definition) is 3. The Morgan fingerprint density at radius 2 is 2.05 bits per heavy atom.